The molecular formula is C13H14N4O2. The Bertz CT molecular complexity index is 649. The highest BCUT2D eigenvalue weighted by atomic mass is 16.2. The van der Waals surface area contributed by atoms with Gasteiger partial charge >= 0.3 is 0 Å². The molecule has 0 aromatic carbocycles. The van der Waals surface area contributed by atoms with Crippen molar-refractivity contribution in [2.75, 3.05) is 6.54 Å². The second-order valence-electron chi connectivity index (χ2n) is 4.84. The molecule has 0 radical (unpaired) electrons. The standard InChI is InChI=1S/C13H14N4O2/c14-12(19)10-4-11(18)17(7-10)6-8-3-9-1-2-15-13(9)16-5-8/h1-3,5,10H,4,6-7H2,(H2,14,19)(H,15,16). The molecule has 98 valence electrons. The number of primary amides is 1. The Labute approximate surface area is 109 Å². The number of rotatable bonds is 3. The van der Waals surface area contributed by atoms with Crippen LogP contribution in [-0.2, 0) is 16.1 Å². The van der Waals surface area contributed by atoms with Gasteiger partial charge in [0.1, 0.15) is 5.65 Å². The van der Waals surface area contributed by atoms with Crippen LogP contribution >= 0.6 is 0 Å². The SMILES string of the molecule is NC(=O)C1CC(=O)N(Cc2cnc3[nH]ccc3c2)C1. The zero-order valence-corrected chi connectivity index (χ0v) is 10.3. The number of hydrogen-bond acceptors (Lipinski definition) is 3. The van der Waals surface area contributed by atoms with E-state index in [4.69, 9.17) is 5.73 Å². The smallest absolute Gasteiger partial charge is 0.223 e. The van der Waals surface area contributed by atoms with Crippen LogP contribution in [0.4, 0.5) is 0 Å². The van der Waals surface area contributed by atoms with E-state index in [1.807, 2.05) is 18.3 Å². The van der Waals surface area contributed by atoms with Crippen molar-refractivity contribution in [3.05, 3.63) is 30.1 Å². The number of carbonyl (C=O) groups excluding carboxylic acids is 2. The fourth-order valence-corrected chi connectivity index (χ4v) is 2.41. The summed E-state index contributed by atoms with van der Waals surface area (Å²) in [6.45, 7) is 0.871. The molecule has 3 N–H and O–H groups in total. The summed E-state index contributed by atoms with van der Waals surface area (Å²) in [4.78, 5) is 31.9. The third-order valence-corrected chi connectivity index (χ3v) is 3.45. The fourth-order valence-electron chi connectivity index (χ4n) is 2.41. The first-order valence-electron chi connectivity index (χ1n) is 6.12. The van der Waals surface area contributed by atoms with Crippen molar-refractivity contribution in [1.29, 1.82) is 0 Å². The number of aromatic amines is 1. The number of carbonyl (C=O) groups is 2. The minimum absolute atomic E-state index is 0.0297. The number of amides is 2. The zero-order valence-electron chi connectivity index (χ0n) is 10.3. The third-order valence-electron chi connectivity index (χ3n) is 3.45. The number of fused-ring (bicyclic) bond motifs is 1. The highest BCUT2D eigenvalue weighted by Gasteiger charge is 2.32. The van der Waals surface area contributed by atoms with Gasteiger partial charge in [0.2, 0.25) is 11.8 Å². The maximum absolute atomic E-state index is 11.8. The van der Waals surface area contributed by atoms with Gasteiger partial charge in [0.15, 0.2) is 0 Å². The number of hydrogen-bond donors (Lipinski definition) is 2. The molecule has 3 rings (SSSR count). The second-order valence-corrected chi connectivity index (χ2v) is 4.84. The van der Waals surface area contributed by atoms with Crippen molar-refractivity contribution in [3.63, 3.8) is 0 Å². The largest absolute Gasteiger partial charge is 0.369 e. The van der Waals surface area contributed by atoms with E-state index in [2.05, 4.69) is 9.97 Å². The summed E-state index contributed by atoms with van der Waals surface area (Å²) in [6, 6.07) is 3.92. The quantitative estimate of drug-likeness (QED) is 0.834. The first-order valence-corrected chi connectivity index (χ1v) is 6.12. The molecule has 2 aromatic rings. The monoisotopic (exact) mass is 258 g/mol. The molecule has 1 saturated heterocycles. The van der Waals surface area contributed by atoms with Crippen LogP contribution in [-0.4, -0.2) is 33.2 Å². The Balaban J connectivity index is 1.77. The highest BCUT2D eigenvalue weighted by Crippen LogP contribution is 2.20. The maximum atomic E-state index is 11.8. The zero-order chi connectivity index (χ0) is 13.4. The molecule has 0 saturated carbocycles. The van der Waals surface area contributed by atoms with Crippen molar-refractivity contribution in [2.24, 2.45) is 11.7 Å². The van der Waals surface area contributed by atoms with Gasteiger partial charge in [-0.15, -0.1) is 0 Å². The average Bonchev–Trinajstić information content (AvgIpc) is 2.96. The molecule has 1 unspecified atom stereocenters. The molecule has 2 aromatic heterocycles. The lowest BCUT2D eigenvalue weighted by Gasteiger charge is -2.15. The van der Waals surface area contributed by atoms with Gasteiger partial charge < -0.3 is 15.6 Å². The summed E-state index contributed by atoms with van der Waals surface area (Å²) in [5.74, 6) is -0.801. The van der Waals surface area contributed by atoms with Crippen LogP contribution in [0.5, 0.6) is 0 Å². The number of H-pyrrole nitrogens is 1. The van der Waals surface area contributed by atoms with E-state index in [1.54, 1.807) is 11.1 Å². The van der Waals surface area contributed by atoms with Gasteiger partial charge in [0, 0.05) is 37.3 Å². The molecular weight excluding hydrogens is 244 g/mol. The Morgan fingerprint density at radius 2 is 2.42 bits per heavy atom. The number of aromatic nitrogens is 2. The molecule has 19 heavy (non-hydrogen) atoms. The molecule has 0 spiro atoms. The van der Waals surface area contributed by atoms with E-state index in [9.17, 15) is 9.59 Å². The molecule has 3 heterocycles. The molecule has 1 aliphatic heterocycles. The van der Waals surface area contributed by atoms with Crippen molar-refractivity contribution in [2.45, 2.75) is 13.0 Å². The van der Waals surface area contributed by atoms with E-state index in [1.165, 1.54) is 0 Å². The van der Waals surface area contributed by atoms with Crippen molar-refractivity contribution >= 4 is 22.8 Å². The molecule has 1 fully saturated rings. The van der Waals surface area contributed by atoms with E-state index in [0.29, 0.717) is 13.1 Å². The van der Waals surface area contributed by atoms with Crippen molar-refractivity contribution < 1.29 is 9.59 Å². The van der Waals surface area contributed by atoms with Crippen LogP contribution in [0.3, 0.4) is 0 Å². The molecule has 1 atom stereocenters. The van der Waals surface area contributed by atoms with Crippen LogP contribution in [0.25, 0.3) is 11.0 Å². The number of nitrogens with zero attached hydrogens (tertiary/aromatic N) is 2. The van der Waals surface area contributed by atoms with Gasteiger partial charge in [-0.1, -0.05) is 0 Å². The Morgan fingerprint density at radius 1 is 1.58 bits per heavy atom. The maximum Gasteiger partial charge on any atom is 0.223 e. The fraction of sp³-hybridized carbons (Fsp3) is 0.308. The van der Waals surface area contributed by atoms with Gasteiger partial charge in [-0.2, -0.15) is 0 Å². The number of likely N-dealkylation sites (tertiary alicyclic amines) is 1. The normalized spacial score (nSPS) is 19.3. The average molecular weight is 258 g/mol. The summed E-state index contributed by atoms with van der Waals surface area (Å²) < 4.78 is 0. The van der Waals surface area contributed by atoms with Crippen LogP contribution in [0.15, 0.2) is 24.5 Å². The minimum atomic E-state index is -0.407. The van der Waals surface area contributed by atoms with Crippen LogP contribution in [0, 0.1) is 5.92 Å². The molecule has 0 bridgehead atoms. The van der Waals surface area contributed by atoms with Crippen LogP contribution in [0.2, 0.25) is 0 Å². The number of nitrogens with one attached hydrogen (secondary N) is 1. The molecule has 6 heteroatoms. The number of nitrogens with two attached hydrogens (primary N) is 1. The Kier molecular flexibility index (Phi) is 2.70. The minimum Gasteiger partial charge on any atom is -0.369 e. The lowest BCUT2D eigenvalue weighted by molar-refractivity contribution is -0.128. The molecule has 0 aliphatic carbocycles. The Morgan fingerprint density at radius 3 is 3.16 bits per heavy atom. The van der Waals surface area contributed by atoms with Gasteiger partial charge in [-0.05, 0) is 17.7 Å². The Hall–Kier alpha value is -2.37. The number of pyridine rings is 1. The summed E-state index contributed by atoms with van der Waals surface area (Å²) in [5.41, 5.74) is 7.02. The van der Waals surface area contributed by atoms with Gasteiger partial charge in [-0.3, -0.25) is 9.59 Å². The predicted molar refractivity (Wildman–Crippen MR) is 68.8 cm³/mol. The van der Waals surface area contributed by atoms with Gasteiger partial charge in [0.25, 0.3) is 0 Å². The second kappa shape index (κ2) is 4.38. The van der Waals surface area contributed by atoms with E-state index < -0.39 is 5.91 Å². The van der Waals surface area contributed by atoms with Crippen molar-refractivity contribution in [1.82, 2.24) is 14.9 Å². The van der Waals surface area contributed by atoms with Crippen LogP contribution < -0.4 is 5.73 Å². The molecule has 1 aliphatic rings. The van der Waals surface area contributed by atoms with E-state index in [0.717, 1.165) is 16.6 Å². The highest BCUT2D eigenvalue weighted by molar-refractivity contribution is 5.88. The van der Waals surface area contributed by atoms with Crippen LogP contribution in [0.1, 0.15) is 12.0 Å². The lowest BCUT2D eigenvalue weighted by atomic mass is 10.1. The molecule has 6 nitrogen and oxygen atoms in total. The van der Waals surface area contributed by atoms with Gasteiger partial charge in [-0.25, -0.2) is 4.98 Å². The summed E-state index contributed by atoms with van der Waals surface area (Å²) in [5, 5.41) is 1.01. The molecule has 2 amide bonds. The van der Waals surface area contributed by atoms with Gasteiger partial charge in [0.05, 0.1) is 5.92 Å². The summed E-state index contributed by atoms with van der Waals surface area (Å²) in [6.07, 6.45) is 3.78. The van der Waals surface area contributed by atoms with E-state index in [-0.39, 0.29) is 18.2 Å². The van der Waals surface area contributed by atoms with E-state index >= 15 is 0 Å². The third kappa shape index (κ3) is 2.16. The van der Waals surface area contributed by atoms with Crippen molar-refractivity contribution in [3.8, 4) is 0 Å². The first kappa shape index (κ1) is 11.7. The first-order chi connectivity index (χ1) is 9.13. The predicted octanol–water partition coefficient (Wildman–Crippen LogP) is 0.397. The summed E-state index contributed by atoms with van der Waals surface area (Å²) >= 11 is 0. The topological polar surface area (TPSA) is 92.1 Å². The summed E-state index contributed by atoms with van der Waals surface area (Å²) in [7, 11) is 0. The lowest BCUT2D eigenvalue weighted by Crippen LogP contribution is -2.28.